The van der Waals surface area contributed by atoms with Gasteiger partial charge in [0, 0.05) is 60.6 Å². The fourth-order valence-electron chi connectivity index (χ4n) is 4.59. The quantitative estimate of drug-likeness (QED) is 0.194. The van der Waals surface area contributed by atoms with E-state index in [9.17, 15) is 0 Å². The molecule has 0 unspecified atom stereocenters. The SMILES string of the molecule is c1csc(-c2ccc(-c3ccc([C@H]4CC[C@H]4c4ccc(-c5ccc(-c6cccs6)s5)s4)s3)s2)c1. The standard InChI is InChI=1S/C28H20S6/c1-3-21(29-15-1)23-11-13-27(33-23)25-9-7-19(31-25)17-5-6-18(17)20-8-10-26(32-20)28-14-12-24(34-28)22-4-2-16-30-22/h1-4,7-18H,5-6H2/t17-,18+. The molecule has 6 heteroatoms. The number of hydrogen-bond donors (Lipinski definition) is 0. The predicted molar refractivity (Wildman–Crippen MR) is 157 cm³/mol. The van der Waals surface area contributed by atoms with Gasteiger partial charge in [-0.05, 0) is 84.3 Å². The predicted octanol–water partition coefficient (Wildman–Crippen LogP) is 11.4. The normalized spacial score (nSPS) is 17.8. The molecule has 7 rings (SSSR count). The largest absolute Gasteiger partial charge is 0.143 e. The summed E-state index contributed by atoms with van der Waals surface area (Å²) in [4.78, 5) is 14.2. The van der Waals surface area contributed by atoms with Crippen LogP contribution in [0.5, 0.6) is 0 Å². The minimum Gasteiger partial charge on any atom is -0.143 e. The number of thiophene rings is 6. The lowest BCUT2D eigenvalue weighted by molar-refractivity contribution is 0.356. The van der Waals surface area contributed by atoms with Crippen molar-refractivity contribution < 1.29 is 0 Å². The first kappa shape index (κ1) is 21.5. The Labute approximate surface area is 223 Å². The molecule has 1 aliphatic rings. The van der Waals surface area contributed by atoms with Crippen molar-refractivity contribution in [3.05, 3.63) is 93.3 Å². The van der Waals surface area contributed by atoms with E-state index in [1.807, 2.05) is 68.0 Å². The number of rotatable bonds is 6. The van der Waals surface area contributed by atoms with Crippen LogP contribution in [0, 0.1) is 0 Å². The Morgan fingerprint density at radius 2 is 0.794 bits per heavy atom. The minimum absolute atomic E-state index is 0.673. The molecule has 6 heterocycles. The molecule has 0 saturated heterocycles. The van der Waals surface area contributed by atoms with E-state index in [1.54, 1.807) is 9.75 Å². The molecule has 0 radical (unpaired) electrons. The monoisotopic (exact) mass is 548 g/mol. The van der Waals surface area contributed by atoms with Crippen molar-refractivity contribution in [1.29, 1.82) is 0 Å². The zero-order chi connectivity index (χ0) is 22.5. The molecule has 0 N–H and O–H groups in total. The van der Waals surface area contributed by atoms with E-state index >= 15 is 0 Å². The van der Waals surface area contributed by atoms with E-state index in [1.165, 1.54) is 51.9 Å². The van der Waals surface area contributed by atoms with Crippen LogP contribution in [0.1, 0.15) is 34.4 Å². The summed E-state index contributed by atoms with van der Waals surface area (Å²) in [6.45, 7) is 0. The van der Waals surface area contributed by atoms with E-state index in [4.69, 9.17) is 0 Å². The Morgan fingerprint density at radius 3 is 1.18 bits per heavy atom. The molecular formula is C28H20S6. The van der Waals surface area contributed by atoms with Crippen LogP contribution in [0.3, 0.4) is 0 Å². The molecule has 0 aliphatic heterocycles. The third-order valence-electron chi connectivity index (χ3n) is 6.48. The van der Waals surface area contributed by atoms with Gasteiger partial charge in [0.2, 0.25) is 0 Å². The Balaban J connectivity index is 1.09. The topological polar surface area (TPSA) is 0 Å². The van der Waals surface area contributed by atoms with Crippen LogP contribution < -0.4 is 0 Å². The van der Waals surface area contributed by atoms with Crippen LogP contribution in [0.15, 0.2) is 83.6 Å². The van der Waals surface area contributed by atoms with Crippen LogP contribution in [-0.4, -0.2) is 0 Å². The molecule has 0 amide bonds. The molecule has 6 aromatic heterocycles. The van der Waals surface area contributed by atoms with E-state index in [0.717, 1.165) is 0 Å². The molecule has 0 bridgehead atoms. The van der Waals surface area contributed by atoms with Crippen molar-refractivity contribution in [1.82, 2.24) is 0 Å². The average molecular weight is 549 g/mol. The lowest BCUT2D eigenvalue weighted by Crippen LogP contribution is -2.19. The molecule has 1 fully saturated rings. The van der Waals surface area contributed by atoms with Gasteiger partial charge in [-0.2, -0.15) is 0 Å². The van der Waals surface area contributed by atoms with Crippen molar-refractivity contribution >= 4 is 68.0 Å². The Kier molecular flexibility index (Phi) is 5.69. The number of hydrogen-bond acceptors (Lipinski definition) is 6. The summed E-state index contributed by atoms with van der Waals surface area (Å²) in [5, 5.41) is 4.32. The zero-order valence-corrected chi connectivity index (χ0v) is 23.0. The van der Waals surface area contributed by atoms with Crippen molar-refractivity contribution in [2.24, 2.45) is 0 Å². The summed E-state index contributed by atoms with van der Waals surface area (Å²) in [6.07, 6.45) is 2.62. The van der Waals surface area contributed by atoms with Gasteiger partial charge >= 0.3 is 0 Å². The summed E-state index contributed by atoms with van der Waals surface area (Å²) < 4.78 is 0. The van der Waals surface area contributed by atoms with Gasteiger partial charge in [0.05, 0.1) is 0 Å². The van der Waals surface area contributed by atoms with E-state index in [-0.39, 0.29) is 0 Å². The van der Waals surface area contributed by atoms with Crippen LogP contribution in [0.2, 0.25) is 0 Å². The fourth-order valence-corrected chi connectivity index (χ4v) is 10.9. The zero-order valence-electron chi connectivity index (χ0n) is 18.1. The van der Waals surface area contributed by atoms with Crippen molar-refractivity contribution in [3.8, 4) is 39.0 Å². The Bertz CT molecular complexity index is 1400. The highest BCUT2D eigenvalue weighted by Crippen LogP contribution is 2.54. The van der Waals surface area contributed by atoms with Gasteiger partial charge in [0.25, 0.3) is 0 Å². The van der Waals surface area contributed by atoms with E-state index in [2.05, 4.69) is 83.6 Å². The highest BCUT2D eigenvalue weighted by Gasteiger charge is 2.35. The molecule has 0 nitrogen and oxygen atoms in total. The van der Waals surface area contributed by atoms with Gasteiger partial charge in [-0.25, -0.2) is 0 Å². The molecule has 2 atom stereocenters. The van der Waals surface area contributed by atoms with Crippen LogP contribution >= 0.6 is 68.0 Å². The molecular weight excluding hydrogens is 529 g/mol. The lowest BCUT2D eigenvalue weighted by atomic mass is 9.72. The highest BCUT2D eigenvalue weighted by atomic mass is 32.1. The molecule has 0 spiro atoms. The maximum absolute atomic E-state index is 2.39. The van der Waals surface area contributed by atoms with Gasteiger partial charge in [-0.1, -0.05) is 12.1 Å². The van der Waals surface area contributed by atoms with Crippen LogP contribution in [0.4, 0.5) is 0 Å². The Morgan fingerprint density at radius 1 is 0.412 bits per heavy atom. The summed E-state index contributed by atoms with van der Waals surface area (Å²) >= 11 is 11.5. The van der Waals surface area contributed by atoms with Crippen molar-refractivity contribution in [2.45, 2.75) is 24.7 Å². The van der Waals surface area contributed by atoms with E-state index < -0.39 is 0 Å². The second kappa shape index (κ2) is 9.01. The van der Waals surface area contributed by atoms with Gasteiger partial charge < -0.3 is 0 Å². The Hall–Kier alpha value is -1.80. The summed E-state index contributed by atoms with van der Waals surface area (Å²) in [6, 6.07) is 27.3. The van der Waals surface area contributed by atoms with Gasteiger partial charge in [-0.3, -0.25) is 0 Å². The first-order chi connectivity index (χ1) is 16.8. The average Bonchev–Trinajstić information content (AvgIpc) is 3.64. The first-order valence-corrected chi connectivity index (χ1v) is 16.3. The minimum atomic E-state index is 0.673. The summed E-state index contributed by atoms with van der Waals surface area (Å²) in [5.41, 5.74) is 0. The fraction of sp³-hybridized carbons (Fsp3) is 0.143. The highest BCUT2D eigenvalue weighted by molar-refractivity contribution is 7.27. The molecule has 6 aromatic rings. The van der Waals surface area contributed by atoms with Gasteiger partial charge in [0.15, 0.2) is 0 Å². The smallest absolute Gasteiger partial charge is 0.0449 e. The van der Waals surface area contributed by atoms with Crippen LogP contribution in [0.25, 0.3) is 39.0 Å². The summed E-state index contributed by atoms with van der Waals surface area (Å²) in [7, 11) is 0. The molecule has 0 aromatic carbocycles. The van der Waals surface area contributed by atoms with Crippen LogP contribution in [-0.2, 0) is 0 Å². The van der Waals surface area contributed by atoms with Gasteiger partial charge in [-0.15, -0.1) is 68.0 Å². The molecule has 1 aliphatic carbocycles. The van der Waals surface area contributed by atoms with Gasteiger partial charge in [0.1, 0.15) is 0 Å². The third kappa shape index (κ3) is 3.91. The third-order valence-corrected chi connectivity index (χ3v) is 13.6. The second-order valence-electron chi connectivity index (χ2n) is 8.48. The van der Waals surface area contributed by atoms with E-state index in [0.29, 0.717) is 11.8 Å². The second-order valence-corrected chi connectivity index (χ2v) is 14.8. The lowest BCUT2D eigenvalue weighted by Gasteiger charge is -2.35. The van der Waals surface area contributed by atoms with Crippen molar-refractivity contribution in [3.63, 3.8) is 0 Å². The summed E-state index contributed by atoms with van der Waals surface area (Å²) in [5.74, 6) is 1.35. The maximum atomic E-state index is 2.39. The van der Waals surface area contributed by atoms with Crippen molar-refractivity contribution in [2.75, 3.05) is 0 Å². The maximum Gasteiger partial charge on any atom is 0.0449 e. The molecule has 1 saturated carbocycles. The molecule has 34 heavy (non-hydrogen) atoms. The molecule has 168 valence electrons. The first-order valence-electron chi connectivity index (χ1n) is 11.3.